The van der Waals surface area contributed by atoms with Crippen LogP contribution in [-0.4, -0.2) is 19.9 Å². The van der Waals surface area contributed by atoms with Gasteiger partial charge in [-0.2, -0.15) is 0 Å². The topological polar surface area (TPSA) is 64.7 Å². The Balaban J connectivity index is 1.30. The third-order valence-corrected chi connectivity index (χ3v) is 8.16. The van der Waals surface area contributed by atoms with Crippen molar-refractivity contribution in [2.24, 2.45) is 0 Å². The first kappa shape index (κ1) is 23.7. The molecule has 0 saturated carbocycles. The van der Waals surface area contributed by atoms with Crippen molar-refractivity contribution in [2.45, 2.75) is 0 Å². The Labute approximate surface area is 246 Å². The van der Waals surface area contributed by atoms with E-state index >= 15 is 0 Å². The summed E-state index contributed by atoms with van der Waals surface area (Å²) in [4.78, 5) is 19.9. The van der Waals surface area contributed by atoms with Crippen LogP contribution in [-0.2, 0) is 0 Å². The summed E-state index contributed by atoms with van der Waals surface area (Å²) in [5.74, 6) is 1.85. The van der Waals surface area contributed by atoms with Crippen molar-refractivity contribution in [1.82, 2.24) is 19.9 Å². The van der Waals surface area contributed by atoms with Gasteiger partial charge in [0, 0.05) is 33.7 Å². The van der Waals surface area contributed by atoms with Crippen LogP contribution in [0.2, 0.25) is 0 Å². The van der Waals surface area contributed by atoms with Crippen LogP contribution in [0.4, 0.5) is 0 Å². The Kier molecular flexibility index (Phi) is 5.13. The molecular formula is C38H22N4O. The van der Waals surface area contributed by atoms with Crippen molar-refractivity contribution < 1.29 is 4.42 Å². The van der Waals surface area contributed by atoms with E-state index < -0.39 is 0 Å². The molecule has 5 nitrogen and oxygen atoms in total. The third kappa shape index (κ3) is 3.79. The van der Waals surface area contributed by atoms with E-state index in [0.29, 0.717) is 17.5 Å². The summed E-state index contributed by atoms with van der Waals surface area (Å²) in [5.41, 5.74) is 5.29. The highest BCUT2D eigenvalue weighted by atomic mass is 16.3. The number of hydrogen-bond acceptors (Lipinski definition) is 5. The molecule has 43 heavy (non-hydrogen) atoms. The number of benzene rings is 6. The van der Waals surface area contributed by atoms with Gasteiger partial charge in [0.2, 0.25) is 0 Å². The molecule has 0 aliphatic carbocycles. The number of pyridine rings is 1. The van der Waals surface area contributed by atoms with Gasteiger partial charge in [-0.25, -0.2) is 15.0 Å². The first-order valence-corrected chi connectivity index (χ1v) is 14.2. The third-order valence-electron chi connectivity index (χ3n) is 8.16. The van der Waals surface area contributed by atoms with Crippen molar-refractivity contribution in [2.75, 3.05) is 0 Å². The molecule has 0 unspecified atom stereocenters. The number of rotatable bonds is 3. The van der Waals surface area contributed by atoms with Gasteiger partial charge < -0.3 is 4.42 Å². The Morgan fingerprint density at radius 1 is 0.442 bits per heavy atom. The van der Waals surface area contributed by atoms with Crippen LogP contribution >= 0.6 is 0 Å². The van der Waals surface area contributed by atoms with Gasteiger partial charge in [0.25, 0.3) is 0 Å². The minimum Gasteiger partial charge on any atom is -0.456 e. The zero-order valence-electron chi connectivity index (χ0n) is 22.9. The second-order valence-corrected chi connectivity index (χ2v) is 10.7. The van der Waals surface area contributed by atoms with E-state index in [1.165, 1.54) is 0 Å². The molecule has 0 aliphatic heterocycles. The monoisotopic (exact) mass is 550 g/mol. The molecule has 0 fully saturated rings. The number of hydrogen-bond donors (Lipinski definition) is 0. The molecule has 0 atom stereocenters. The van der Waals surface area contributed by atoms with Crippen LogP contribution in [0.1, 0.15) is 0 Å². The summed E-state index contributed by atoms with van der Waals surface area (Å²) in [5, 5.41) is 7.58. The minimum atomic E-state index is 0.589. The van der Waals surface area contributed by atoms with Crippen molar-refractivity contribution in [3.8, 4) is 34.2 Å². The number of fused-ring (bicyclic) bond motifs is 7. The second-order valence-electron chi connectivity index (χ2n) is 10.7. The predicted molar refractivity (Wildman–Crippen MR) is 174 cm³/mol. The Morgan fingerprint density at radius 3 is 1.79 bits per heavy atom. The van der Waals surface area contributed by atoms with Gasteiger partial charge in [0.15, 0.2) is 17.5 Å². The molecule has 0 N–H and O–H groups in total. The van der Waals surface area contributed by atoms with Crippen molar-refractivity contribution in [3.05, 3.63) is 134 Å². The van der Waals surface area contributed by atoms with Gasteiger partial charge in [-0.05, 0) is 51.9 Å². The van der Waals surface area contributed by atoms with E-state index in [0.717, 1.165) is 71.1 Å². The zero-order valence-corrected chi connectivity index (χ0v) is 22.9. The average Bonchev–Trinajstić information content (AvgIpc) is 3.46. The first-order chi connectivity index (χ1) is 21.3. The van der Waals surface area contributed by atoms with E-state index in [1.807, 2.05) is 54.7 Å². The fourth-order valence-electron chi connectivity index (χ4n) is 6.13. The standard InChI is InChI=1S/C38H22N4O/c1-3-13-27-23(8-1)10-5-15-29(27)37-40-36(41-38(42-37)30-16-6-11-24-9-2-4-14-28(24)30)26-17-19-31-33(22-26)43-32-20-18-25-12-7-21-39-35(25)34(31)32/h1-22H. The number of nitrogens with zero attached hydrogens (tertiary/aromatic N) is 4. The quantitative estimate of drug-likeness (QED) is 0.219. The molecule has 0 radical (unpaired) electrons. The fraction of sp³-hybridized carbons (Fsp3) is 0. The first-order valence-electron chi connectivity index (χ1n) is 14.2. The SMILES string of the molecule is c1ccc2c(-c3nc(-c4ccc5c(c4)oc4ccc6cccnc6c45)nc(-c4cccc5ccccc45)n3)cccc2c1. The minimum absolute atomic E-state index is 0.589. The molecule has 0 bridgehead atoms. The van der Waals surface area contributed by atoms with Gasteiger partial charge >= 0.3 is 0 Å². The van der Waals surface area contributed by atoms with Crippen LogP contribution in [0.3, 0.4) is 0 Å². The van der Waals surface area contributed by atoms with Gasteiger partial charge in [0.05, 0.1) is 10.9 Å². The maximum atomic E-state index is 6.36. The lowest BCUT2D eigenvalue weighted by atomic mass is 10.0. The van der Waals surface area contributed by atoms with Crippen LogP contribution < -0.4 is 0 Å². The summed E-state index contributed by atoms with van der Waals surface area (Å²) in [6.07, 6.45) is 1.82. The fourth-order valence-corrected chi connectivity index (χ4v) is 6.13. The van der Waals surface area contributed by atoms with Crippen LogP contribution in [0.15, 0.2) is 138 Å². The summed E-state index contributed by atoms with van der Waals surface area (Å²) in [6.45, 7) is 0. The highest BCUT2D eigenvalue weighted by Gasteiger charge is 2.18. The number of aromatic nitrogens is 4. The molecule has 3 aromatic heterocycles. The second kappa shape index (κ2) is 9.29. The largest absolute Gasteiger partial charge is 0.456 e. The molecule has 0 saturated heterocycles. The predicted octanol–water partition coefficient (Wildman–Crippen LogP) is 9.63. The van der Waals surface area contributed by atoms with E-state index in [4.69, 9.17) is 19.4 Å². The summed E-state index contributed by atoms with van der Waals surface area (Å²) >= 11 is 0. The molecule has 9 rings (SSSR count). The van der Waals surface area contributed by atoms with Crippen molar-refractivity contribution in [3.63, 3.8) is 0 Å². The molecule has 9 aromatic rings. The molecule has 3 heterocycles. The normalized spacial score (nSPS) is 11.7. The van der Waals surface area contributed by atoms with Crippen molar-refractivity contribution >= 4 is 54.4 Å². The summed E-state index contributed by atoms with van der Waals surface area (Å²) in [6, 6.07) is 43.4. The smallest absolute Gasteiger partial charge is 0.164 e. The molecule has 200 valence electrons. The molecular weight excluding hydrogens is 528 g/mol. The summed E-state index contributed by atoms with van der Waals surface area (Å²) in [7, 11) is 0. The average molecular weight is 551 g/mol. The lowest BCUT2D eigenvalue weighted by Crippen LogP contribution is -2.01. The van der Waals surface area contributed by atoms with Gasteiger partial charge in [0.1, 0.15) is 11.2 Å². The maximum Gasteiger partial charge on any atom is 0.164 e. The lowest BCUT2D eigenvalue weighted by Gasteiger charge is -2.11. The molecule has 0 spiro atoms. The summed E-state index contributed by atoms with van der Waals surface area (Å²) < 4.78 is 6.36. The Bertz CT molecular complexity index is 2420. The molecule has 5 heteroatoms. The van der Waals surface area contributed by atoms with E-state index in [1.54, 1.807) is 0 Å². The van der Waals surface area contributed by atoms with E-state index in [2.05, 4.69) is 83.8 Å². The zero-order chi connectivity index (χ0) is 28.3. The van der Waals surface area contributed by atoms with E-state index in [9.17, 15) is 0 Å². The number of furan rings is 1. The van der Waals surface area contributed by atoms with Gasteiger partial charge in [-0.1, -0.05) is 97.1 Å². The Hall–Kier alpha value is -5.94. The van der Waals surface area contributed by atoms with Crippen molar-refractivity contribution in [1.29, 1.82) is 0 Å². The molecule has 6 aromatic carbocycles. The maximum absolute atomic E-state index is 6.36. The van der Waals surface area contributed by atoms with Gasteiger partial charge in [-0.15, -0.1) is 0 Å². The van der Waals surface area contributed by atoms with Crippen LogP contribution in [0.25, 0.3) is 88.5 Å². The van der Waals surface area contributed by atoms with Crippen LogP contribution in [0.5, 0.6) is 0 Å². The molecule has 0 aliphatic rings. The Morgan fingerprint density at radius 2 is 1.07 bits per heavy atom. The van der Waals surface area contributed by atoms with E-state index in [-0.39, 0.29) is 0 Å². The van der Waals surface area contributed by atoms with Crippen LogP contribution in [0, 0.1) is 0 Å². The molecule has 0 amide bonds. The highest BCUT2D eigenvalue weighted by molar-refractivity contribution is 6.17. The highest BCUT2D eigenvalue weighted by Crippen LogP contribution is 2.37. The lowest BCUT2D eigenvalue weighted by molar-refractivity contribution is 0.669. The van der Waals surface area contributed by atoms with Gasteiger partial charge in [-0.3, -0.25) is 4.98 Å².